The Kier molecular flexibility index (Phi) is 11.5. The van der Waals surface area contributed by atoms with Gasteiger partial charge in [-0.1, -0.05) is 30.7 Å². The van der Waals surface area contributed by atoms with E-state index in [2.05, 4.69) is 5.32 Å². The second-order valence-corrected chi connectivity index (χ2v) is 9.11. The monoisotopic (exact) mass is 535 g/mol. The first-order valence-corrected chi connectivity index (χ1v) is 12.9. The van der Waals surface area contributed by atoms with Crippen molar-refractivity contribution in [3.05, 3.63) is 95.3 Å². The molecule has 3 rings (SSSR count). The van der Waals surface area contributed by atoms with E-state index in [4.69, 9.17) is 9.94 Å². The number of anilines is 1. The quantitative estimate of drug-likeness (QED) is 0.156. The molecule has 39 heavy (non-hydrogen) atoms. The number of hydrogen-bond acceptors (Lipinski definition) is 5. The molecule has 0 radical (unpaired) electrons. The molecule has 3 amide bonds. The van der Waals surface area contributed by atoms with Gasteiger partial charge in [-0.25, -0.2) is 9.87 Å². The van der Waals surface area contributed by atoms with Crippen molar-refractivity contribution in [3.8, 4) is 5.75 Å². The number of rotatable bonds is 14. The Morgan fingerprint density at radius 1 is 0.897 bits per heavy atom. The molecule has 3 N–H and O–H groups in total. The van der Waals surface area contributed by atoms with Gasteiger partial charge < -0.3 is 15.0 Å². The zero-order valence-corrected chi connectivity index (χ0v) is 22.0. The first-order valence-electron chi connectivity index (χ1n) is 12.9. The molecule has 0 heterocycles. The van der Waals surface area contributed by atoms with E-state index in [0.29, 0.717) is 49.2 Å². The Labute approximate surface area is 227 Å². The van der Waals surface area contributed by atoms with Crippen LogP contribution in [0.3, 0.4) is 0 Å². The minimum absolute atomic E-state index is 0.0825. The number of amides is 3. The van der Waals surface area contributed by atoms with E-state index < -0.39 is 5.91 Å². The Morgan fingerprint density at radius 2 is 1.62 bits per heavy atom. The van der Waals surface area contributed by atoms with Crippen molar-refractivity contribution in [1.29, 1.82) is 0 Å². The topological polar surface area (TPSA) is 108 Å². The number of benzene rings is 3. The standard InChI is InChI=1S/C30H34FN3O5/c1-39-27-16-14-26(15-17-27)34(29(36)9-4-2-3-8-28(35)33-38)21-23-6-5-7-24(20-23)30(37)32-19-18-22-10-12-25(31)13-11-22/h5-7,10-17,20,38H,2-4,8-9,18-19,21H2,1H3,(H,32,37)(H,33,35). The number of hydrogen-bond donors (Lipinski definition) is 3. The van der Waals surface area contributed by atoms with Gasteiger partial charge in [-0.05, 0) is 78.9 Å². The lowest BCUT2D eigenvalue weighted by Gasteiger charge is -2.24. The van der Waals surface area contributed by atoms with Crippen LogP contribution >= 0.6 is 0 Å². The summed E-state index contributed by atoms with van der Waals surface area (Å²) in [5.74, 6) is -0.379. The van der Waals surface area contributed by atoms with Crippen molar-refractivity contribution in [2.75, 3.05) is 18.6 Å². The predicted octanol–water partition coefficient (Wildman–Crippen LogP) is 4.80. The van der Waals surface area contributed by atoms with E-state index in [1.165, 1.54) is 12.1 Å². The number of hydroxylamine groups is 1. The summed E-state index contributed by atoms with van der Waals surface area (Å²) in [5, 5.41) is 11.5. The number of unbranched alkanes of at least 4 members (excludes halogenated alkanes) is 2. The van der Waals surface area contributed by atoms with Crippen LogP contribution < -0.4 is 20.4 Å². The van der Waals surface area contributed by atoms with Crippen molar-refractivity contribution in [1.82, 2.24) is 10.8 Å². The molecule has 3 aromatic carbocycles. The molecule has 0 aliphatic rings. The first-order chi connectivity index (χ1) is 18.9. The van der Waals surface area contributed by atoms with Crippen LogP contribution in [-0.4, -0.2) is 36.6 Å². The Hall–Kier alpha value is -4.24. The van der Waals surface area contributed by atoms with Crippen LogP contribution in [0.25, 0.3) is 0 Å². The smallest absolute Gasteiger partial charge is 0.251 e. The predicted molar refractivity (Wildman–Crippen MR) is 146 cm³/mol. The van der Waals surface area contributed by atoms with Gasteiger partial charge in [-0.2, -0.15) is 0 Å². The molecule has 0 bridgehead atoms. The normalized spacial score (nSPS) is 10.5. The fraction of sp³-hybridized carbons (Fsp3) is 0.300. The summed E-state index contributed by atoms with van der Waals surface area (Å²) >= 11 is 0. The van der Waals surface area contributed by atoms with Crippen LogP contribution in [0.4, 0.5) is 10.1 Å². The SMILES string of the molecule is COc1ccc(N(Cc2cccc(C(=O)NCCc3ccc(F)cc3)c2)C(=O)CCCCCC(=O)NO)cc1. The molecule has 0 unspecified atom stereocenters. The molecule has 0 aromatic heterocycles. The second kappa shape index (κ2) is 15.2. The molecule has 0 saturated heterocycles. The minimum atomic E-state index is -0.444. The highest BCUT2D eigenvalue weighted by molar-refractivity contribution is 5.95. The van der Waals surface area contributed by atoms with Crippen molar-refractivity contribution < 1.29 is 28.7 Å². The third-order valence-corrected chi connectivity index (χ3v) is 6.25. The van der Waals surface area contributed by atoms with Gasteiger partial charge in [0.15, 0.2) is 0 Å². The van der Waals surface area contributed by atoms with Gasteiger partial charge in [-0.15, -0.1) is 0 Å². The number of carbonyl (C=O) groups is 3. The maximum Gasteiger partial charge on any atom is 0.251 e. The lowest BCUT2D eigenvalue weighted by atomic mass is 10.1. The number of methoxy groups -OCH3 is 1. The summed E-state index contributed by atoms with van der Waals surface area (Å²) in [4.78, 5) is 38.9. The minimum Gasteiger partial charge on any atom is -0.497 e. The van der Waals surface area contributed by atoms with E-state index >= 15 is 0 Å². The van der Waals surface area contributed by atoms with Crippen molar-refractivity contribution >= 4 is 23.4 Å². The zero-order valence-electron chi connectivity index (χ0n) is 22.0. The van der Waals surface area contributed by atoms with Gasteiger partial charge in [0.1, 0.15) is 11.6 Å². The number of halogens is 1. The van der Waals surface area contributed by atoms with E-state index in [1.54, 1.807) is 60.0 Å². The van der Waals surface area contributed by atoms with Crippen LogP contribution in [0.15, 0.2) is 72.8 Å². The van der Waals surface area contributed by atoms with Gasteiger partial charge in [-0.3, -0.25) is 19.6 Å². The highest BCUT2D eigenvalue weighted by atomic mass is 19.1. The number of nitrogens with zero attached hydrogens (tertiary/aromatic N) is 1. The summed E-state index contributed by atoms with van der Waals surface area (Å²) in [7, 11) is 1.57. The maximum atomic E-state index is 13.2. The maximum absolute atomic E-state index is 13.2. The Morgan fingerprint density at radius 3 is 2.31 bits per heavy atom. The second-order valence-electron chi connectivity index (χ2n) is 9.11. The lowest BCUT2D eigenvalue weighted by molar-refractivity contribution is -0.129. The third kappa shape index (κ3) is 9.54. The van der Waals surface area contributed by atoms with Gasteiger partial charge in [0, 0.05) is 30.6 Å². The van der Waals surface area contributed by atoms with Crippen molar-refractivity contribution in [2.45, 2.75) is 45.1 Å². The molecule has 0 atom stereocenters. The van der Waals surface area contributed by atoms with Crippen molar-refractivity contribution in [3.63, 3.8) is 0 Å². The fourth-order valence-corrected chi connectivity index (χ4v) is 4.08. The zero-order chi connectivity index (χ0) is 28.0. The summed E-state index contributed by atoms with van der Waals surface area (Å²) in [6, 6.07) is 20.5. The molecule has 3 aromatic rings. The van der Waals surface area contributed by atoms with Gasteiger partial charge >= 0.3 is 0 Å². The molecule has 0 spiro atoms. The van der Waals surface area contributed by atoms with E-state index in [1.807, 2.05) is 18.2 Å². The third-order valence-electron chi connectivity index (χ3n) is 6.25. The Balaban J connectivity index is 1.64. The largest absolute Gasteiger partial charge is 0.497 e. The van der Waals surface area contributed by atoms with E-state index in [9.17, 15) is 18.8 Å². The number of carbonyl (C=O) groups excluding carboxylic acids is 3. The van der Waals surface area contributed by atoms with Crippen molar-refractivity contribution in [2.24, 2.45) is 0 Å². The summed E-state index contributed by atoms with van der Waals surface area (Å²) in [6.07, 6.45) is 2.91. The van der Waals surface area contributed by atoms with Crippen LogP contribution in [-0.2, 0) is 22.6 Å². The number of nitrogens with one attached hydrogen (secondary N) is 2. The molecular weight excluding hydrogens is 501 g/mol. The molecule has 8 nitrogen and oxygen atoms in total. The van der Waals surface area contributed by atoms with Crippen LogP contribution in [0.5, 0.6) is 5.75 Å². The lowest BCUT2D eigenvalue weighted by Crippen LogP contribution is -2.30. The van der Waals surface area contributed by atoms with Crippen LogP contribution in [0.1, 0.15) is 53.6 Å². The molecule has 0 fully saturated rings. The highest BCUT2D eigenvalue weighted by Gasteiger charge is 2.17. The molecule has 0 aliphatic carbocycles. The number of ether oxygens (including phenoxy) is 1. The summed E-state index contributed by atoms with van der Waals surface area (Å²) in [5.41, 5.74) is 4.52. The first kappa shape index (κ1) is 29.3. The average Bonchev–Trinajstić information content (AvgIpc) is 2.96. The van der Waals surface area contributed by atoms with Gasteiger partial charge in [0.25, 0.3) is 5.91 Å². The van der Waals surface area contributed by atoms with E-state index in [0.717, 1.165) is 11.1 Å². The van der Waals surface area contributed by atoms with Crippen LogP contribution in [0.2, 0.25) is 0 Å². The van der Waals surface area contributed by atoms with Crippen LogP contribution in [0, 0.1) is 5.82 Å². The molecular formula is C30H34FN3O5. The van der Waals surface area contributed by atoms with Gasteiger partial charge in [0.05, 0.1) is 13.7 Å². The molecule has 0 saturated carbocycles. The Bertz CT molecular complexity index is 1230. The summed E-state index contributed by atoms with van der Waals surface area (Å²) in [6.45, 7) is 0.680. The molecule has 206 valence electrons. The molecule has 9 heteroatoms. The van der Waals surface area contributed by atoms with Gasteiger partial charge in [0.2, 0.25) is 11.8 Å². The van der Waals surface area contributed by atoms with E-state index in [-0.39, 0.29) is 37.0 Å². The fourth-order valence-electron chi connectivity index (χ4n) is 4.08. The molecule has 0 aliphatic heterocycles. The average molecular weight is 536 g/mol. The summed E-state index contributed by atoms with van der Waals surface area (Å²) < 4.78 is 18.3. The highest BCUT2D eigenvalue weighted by Crippen LogP contribution is 2.23.